The molecule has 0 atom stereocenters. The molecule has 2 N–H and O–H groups in total. The van der Waals surface area contributed by atoms with Crippen molar-refractivity contribution in [2.24, 2.45) is 0 Å². The Morgan fingerprint density at radius 1 is 1.27 bits per heavy atom. The van der Waals surface area contributed by atoms with E-state index >= 15 is 0 Å². The Morgan fingerprint density at radius 2 is 2.13 bits per heavy atom. The van der Waals surface area contributed by atoms with E-state index in [1.165, 1.54) is 24.4 Å². The maximum atomic E-state index is 12.9. The Morgan fingerprint density at radius 3 is 2.87 bits per heavy atom. The summed E-state index contributed by atoms with van der Waals surface area (Å²) in [6.45, 7) is 0. The number of aromatic nitrogens is 1. The topological polar surface area (TPSA) is 48.1 Å². The number of rotatable bonds is 2. The number of halogens is 1. The van der Waals surface area contributed by atoms with E-state index in [9.17, 15) is 4.39 Å². The van der Waals surface area contributed by atoms with Gasteiger partial charge in [-0.05, 0) is 24.3 Å². The molecule has 0 unspecified atom stereocenters. The first-order valence-corrected chi connectivity index (χ1v) is 4.38. The molecule has 2 aromatic rings. The van der Waals surface area contributed by atoms with Gasteiger partial charge >= 0.3 is 0 Å². The van der Waals surface area contributed by atoms with E-state index in [0.29, 0.717) is 17.2 Å². The zero-order chi connectivity index (χ0) is 10.7. The molecule has 0 aliphatic carbocycles. The van der Waals surface area contributed by atoms with E-state index in [1.54, 1.807) is 18.3 Å². The fraction of sp³-hybridized carbons (Fsp3) is 0. The largest absolute Gasteiger partial charge is 0.453 e. The lowest BCUT2D eigenvalue weighted by atomic mass is 10.3. The van der Waals surface area contributed by atoms with Gasteiger partial charge in [0.05, 0.1) is 11.9 Å². The molecule has 0 fully saturated rings. The Kier molecular flexibility index (Phi) is 2.49. The highest BCUT2D eigenvalue weighted by Gasteiger charge is 2.03. The summed E-state index contributed by atoms with van der Waals surface area (Å²) < 4.78 is 18.3. The molecule has 76 valence electrons. The summed E-state index contributed by atoms with van der Waals surface area (Å²) in [5.74, 6) is 0.431. The first-order chi connectivity index (χ1) is 7.25. The molecule has 0 amide bonds. The van der Waals surface area contributed by atoms with Gasteiger partial charge in [-0.25, -0.2) is 4.39 Å². The van der Waals surface area contributed by atoms with Gasteiger partial charge in [0.1, 0.15) is 11.6 Å². The Balaban J connectivity index is 2.28. The molecule has 0 bridgehead atoms. The molecule has 0 saturated carbocycles. The maximum Gasteiger partial charge on any atom is 0.153 e. The summed E-state index contributed by atoms with van der Waals surface area (Å²) in [7, 11) is 0. The molecule has 2 rings (SSSR count). The number of pyridine rings is 1. The molecule has 3 nitrogen and oxygen atoms in total. The van der Waals surface area contributed by atoms with Crippen molar-refractivity contribution in [3.63, 3.8) is 0 Å². The van der Waals surface area contributed by atoms with Gasteiger partial charge < -0.3 is 10.5 Å². The van der Waals surface area contributed by atoms with Crippen LogP contribution in [-0.4, -0.2) is 4.98 Å². The number of nitrogens with zero attached hydrogens (tertiary/aromatic N) is 1. The van der Waals surface area contributed by atoms with Crippen LogP contribution >= 0.6 is 0 Å². The number of ether oxygens (including phenoxy) is 1. The fourth-order valence-electron chi connectivity index (χ4n) is 1.13. The lowest BCUT2D eigenvalue weighted by molar-refractivity contribution is 0.477. The van der Waals surface area contributed by atoms with Crippen molar-refractivity contribution in [3.05, 3.63) is 48.5 Å². The molecule has 1 aromatic heterocycles. The van der Waals surface area contributed by atoms with Gasteiger partial charge in [-0.15, -0.1) is 0 Å². The van der Waals surface area contributed by atoms with Crippen LogP contribution in [0.5, 0.6) is 11.5 Å². The van der Waals surface area contributed by atoms with Crippen molar-refractivity contribution in [1.29, 1.82) is 0 Å². The van der Waals surface area contributed by atoms with Crippen LogP contribution in [0.15, 0.2) is 42.7 Å². The lowest BCUT2D eigenvalue weighted by Gasteiger charge is -2.07. The predicted molar refractivity (Wildman–Crippen MR) is 55.1 cm³/mol. The highest BCUT2D eigenvalue weighted by molar-refractivity contribution is 5.53. The maximum absolute atomic E-state index is 12.9. The molecule has 0 saturated heterocycles. The Bertz CT molecular complexity index is 459. The third-order valence-electron chi connectivity index (χ3n) is 1.84. The second-order valence-electron chi connectivity index (χ2n) is 2.97. The van der Waals surface area contributed by atoms with Gasteiger partial charge in [-0.2, -0.15) is 0 Å². The first kappa shape index (κ1) is 9.45. The summed E-state index contributed by atoms with van der Waals surface area (Å²) in [6, 6.07) is 7.43. The van der Waals surface area contributed by atoms with E-state index in [4.69, 9.17) is 10.5 Å². The molecule has 1 aromatic carbocycles. The molecular weight excluding hydrogens is 195 g/mol. The van der Waals surface area contributed by atoms with Crippen LogP contribution in [0.2, 0.25) is 0 Å². The zero-order valence-electron chi connectivity index (χ0n) is 7.85. The highest BCUT2D eigenvalue weighted by Crippen LogP contribution is 2.27. The van der Waals surface area contributed by atoms with E-state index in [1.807, 2.05) is 0 Å². The van der Waals surface area contributed by atoms with Gasteiger partial charge in [0.2, 0.25) is 0 Å². The van der Waals surface area contributed by atoms with E-state index < -0.39 is 0 Å². The molecule has 1 heterocycles. The molecule has 15 heavy (non-hydrogen) atoms. The number of hydrogen-bond donors (Lipinski definition) is 1. The Hall–Kier alpha value is -2.10. The molecule has 0 spiro atoms. The van der Waals surface area contributed by atoms with Gasteiger partial charge in [0, 0.05) is 12.3 Å². The van der Waals surface area contributed by atoms with Gasteiger partial charge in [0.25, 0.3) is 0 Å². The highest BCUT2D eigenvalue weighted by atomic mass is 19.1. The van der Waals surface area contributed by atoms with Crippen LogP contribution in [-0.2, 0) is 0 Å². The van der Waals surface area contributed by atoms with E-state index in [2.05, 4.69) is 4.98 Å². The van der Waals surface area contributed by atoms with Gasteiger partial charge in [0.15, 0.2) is 5.75 Å². The van der Waals surface area contributed by atoms with Gasteiger partial charge in [-0.1, -0.05) is 0 Å². The summed E-state index contributed by atoms with van der Waals surface area (Å²) in [6.07, 6.45) is 3.16. The average molecular weight is 204 g/mol. The summed E-state index contributed by atoms with van der Waals surface area (Å²) in [5.41, 5.74) is 6.01. The molecule has 0 radical (unpaired) electrons. The number of hydrogen-bond acceptors (Lipinski definition) is 3. The van der Waals surface area contributed by atoms with E-state index in [0.717, 1.165) is 0 Å². The van der Waals surface area contributed by atoms with E-state index in [-0.39, 0.29) is 5.82 Å². The third kappa shape index (κ3) is 2.22. The van der Waals surface area contributed by atoms with Crippen molar-refractivity contribution >= 4 is 5.69 Å². The van der Waals surface area contributed by atoms with Crippen molar-refractivity contribution in [2.75, 3.05) is 5.73 Å². The third-order valence-corrected chi connectivity index (χ3v) is 1.84. The number of anilines is 1. The normalized spacial score (nSPS) is 9.93. The molecule has 0 aliphatic heterocycles. The van der Waals surface area contributed by atoms with Crippen molar-refractivity contribution in [2.45, 2.75) is 0 Å². The summed E-state index contributed by atoms with van der Waals surface area (Å²) >= 11 is 0. The van der Waals surface area contributed by atoms with Crippen molar-refractivity contribution in [1.82, 2.24) is 4.98 Å². The SMILES string of the molecule is Nc1ccc(F)cc1Oc1cccnc1. The molecular formula is C11H9FN2O. The van der Waals surface area contributed by atoms with Crippen LogP contribution in [0.1, 0.15) is 0 Å². The second kappa shape index (κ2) is 3.96. The Labute approximate surface area is 86.3 Å². The number of nitrogen functional groups attached to an aromatic ring is 1. The first-order valence-electron chi connectivity index (χ1n) is 4.38. The lowest BCUT2D eigenvalue weighted by Crippen LogP contribution is -1.92. The second-order valence-corrected chi connectivity index (χ2v) is 2.97. The standard InChI is InChI=1S/C11H9FN2O/c12-8-3-4-10(13)11(6-8)15-9-2-1-5-14-7-9/h1-7H,13H2. The minimum Gasteiger partial charge on any atom is -0.453 e. The quantitative estimate of drug-likeness (QED) is 0.765. The van der Waals surface area contributed by atoms with Crippen LogP contribution in [0.4, 0.5) is 10.1 Å². The van der Waals surface area contributed by atoms with Crippen molar-refractivity contribution in [3.8, 4) is 11.5 Å². The molecule has 0 aliphatic rings. The zero-order valence-corrected chi connectivity index (χ0v) is 7.85. The average Bonchev–Trinajstić information content (AvgIpc) is 2.25. The fourth-order valence-corrected chi connectivity index (χ4v) is 1.13. The van der Waals surface area contributed by atoms with Crippen LogP contribution in [0.3, 0.4) is 0 Å². The number of nitrogens with two attached hydrogens (primary N) is 1. The van der Waals surface area contributed by atoms with Crippen LogP contribution in [0.25, 0.3) is 0 Å². The predicted octanol–water partition coefficient (Wildman–Crippen LogP) is 2.60. The van der Waals surface area contributed by atoms with Gasteiger partial charge in [-0.3, -0.25) is 4.98 Å². The van der Waals surface area contributed by atoms with Crippen molar-refractivity contribution < 1.29 is 9.13 Å². The summed E-state index contributed by atoms with van der Waals surface area (Å²) in [4.78, 5) is 3.87. The van der Waals surface area contributed by atoms with Crippen LogP contribution in [0, 0.1) is 5.82 Å². The summed E-state index contributed by atoms with van der Waals surface area (Å²) in [5, 5.41) is 0. The monoisotopic (exact) mass is 204 g/mol. The smallest absolute Gasteiger partial charge is 0.153 e. The minimum absolute atomic E-state index is 0.294. The number of benzene rings is 1. The minimum atomic E-state index is -0.386. The molecule has 4 heteroatoms. The van der Waals surface area contributed by atoms with Crippen LogP contribution < -0.4 is 10.5 Å².